The SMILES string of the molecule is CCc1cc(Cl)cc(OC)c1O. The summed E-state index contributed by atoms with van der Waals surface area (Å²) in [5, 5.41) is 10.1. The van der Waals surface area contributed by atoms with Crippen molar-refractivity contribution in [3.63, 3.8) is 0 Å². The Bertz CT molecular complexity index is 259. The maximum Gasteiger partial charge on any atom is 0.162 e. The van der Waals surface area contributed by atoms with Crippen molar-refractivity contribution in [3.05, 3.63) is 22.7 Å². The van der Waals surface area contributed by atoms with Gasteiger partial charge in [0.1, 0.15) is 0 Å². The van der Waals surface area contributed by atoms with Gasteiger partial charge in [-0.15, -0.1) is 0 Å². The Labute approximate surface area is 76.7 Å². The Morgan fingerprint density at radius 1 is 1.50 bits per heavy atom. The molecule has 0 radical (unpaired) electrons. The molecule has 0 bridgehead atoms. The molecular formula is C9H11ClO2. The molecule has 0 heterocycles. The maximum absolute atomic E-state index is 9.53. The average molecular weight is 187 g/mol. The van der Waals surface area contributed by atoms with Crippen molar-refractivity contribution in [2.75, 3.05) is 7.11 Å². The summed E-state index contributed by atoms with van der Waals surface area (Å²) in [5.41, 5.74) is 0.805. The number of aryl methyl sites for hydroxylation is 1. The van der Waals surface area contributed by atoms with E-state index in [-0.39, 0.29) is 5.75 Å². The second-order valence-electron chi connectivity index (χ2n) is 2.47. The van der Waals surface area contributed by atoms with Gasteiger partial charge in [0.2, 0.25) is 0 Å². The van der Waals surface area contributed by atoms with E-state index in [1.54, 1.807) is 12.1 Å². The summed E-state index contributed by atoms with van der Waals surface area (Å²) in [4.78, 5) is 0. The topological polar surface area (TPSA) is 29.5 Å². The molecule has 0 aliphatic rings. The van der Waals surface area contributed by atoms with Crippen molar-refractivity contribution in [3.8, 4) is 11.5 Å². The summed E-state index contributed by atoms with van der Waals surface area (Å²) in [6.45, 7) is 1.95. The van der Waals surface area contributed by atoms with Crippen molar-refractivity contribution in [2.45, 2.75) is 13.3 Å². The fraction of sp³-hybridized carbons (Fsp3) is 0.333. The molecule has 1 aromatic carbocycles. The smallest absolute Gasteiger partial charge is 0.162 e. The third-order valence-corrected chi connectivity index (χ3v) is 1.94. The van der Waals surface area contributed by atoms with Gasteiger partial charge in [-0.25, -0.2) is 0 Å². The number of benzene rings is 1. The van der Waals surface area contributed by atoms with Crippen LogP contribution in [0.2, 0.25) is 5.02 Å². The minimum absolute atomic E-state index is 0.185. The zero-order valence-corrected chi connectivity index (χ0v) is 7.85. The molecule has 0 unspecified atom stereocenters. The Balaban J connectivity index is 3.22. The average Bonchev–Trinajstić information content (AvgIpc) is 2.08. The first-order chi connectivity index (χ1) is 5.69. The number of aromatic hydroxyl groups is 1. The number of methoxy groups -OCH3 is 1. The molecule has 1 aromatic rings. The van der Waals surface area contributed by atoms with E-state index in [9.17, 15) is 5.11 Å². The van der Waals surface area contributed by atoms with Crippen LogP contribution in [0, 0.1) is 0 Å². The van der Waals surface area contributed by atoms with E-state index in [0.717, 1.165) is 12.0 Å². The minimum Gasteiger partial charge on any atom is -0.504 e. The van der Waals surface area contributed by atoms with Gasteiger partial charge in [0, 0.05) is 11.1 Å². The lowest BCUT2D eigenvalue weighted by molar-refractivity contribution is 0.371. The fourth-order valence-corrected chi connectivity index (χ4v) is 1.28. The molecule has 3 heteroatoms. The van der Waals surface area contributed by atoms with Crippen LogP contribution in [0.15, 0.2) is 12.1 Å². The first kappa shape index (κ1) is 9.20. The molecule has 0 saturated carbocycles. The first-order valence-corrected chi connectivity index (χ1v) is 4.12. The summed E-state index contributed by atoms with van der Waals surface area (Å²) in [7, 11) is 1.50. The predicted octanol–water partition coefficient (Wildman–Crippen LogP) is 2.62. The molecule has 0 saturated heterocycles. The van der Waals surface area contributed by atoms with Gasteiger partial charge >= 0.3 is 0 Å². The third kappa shape index (κ3) is 1.64. The van der Waals surface area contributed by atoms with E-state index in [1.165, 1.54) is 7.11 Å². The van der Waals surface area contributed by atoms with Crippen LogP contribution < -0.4 is 4.74 Å². The molecule has 1 N–H and O–H groups in total. The van der Waals surface area contributed by atoms with Crippen LogP contribution in [-0.2, 0) is 6.42 Å². The number of phenolic OH excluding ortho intramolecular Hbond substituents is 1. The van der Waals surface area contributed by atoms with Crippen LogP contribution in [-0.4, -0.2) is 12.2 Å². The molecular weight excluding hydrogens is 176 g/mol. The van der Waals surface area contributed by atoms with E-state index in [0.29, 0.717) is 10.8 Å². The zero-order chi connectivity index (χ0) is 9.14. The van der Waals surface area contributed by atoms with Gasteiger partial charge in [0.25, 0.3) is 0 Å². The van der Waals surface area contributed by atoms with Gasteiger partial charge in [-0.3, -0.25) is 0 Å². The van der Waals surface area contributed by atoms with Crippen LogP contribution >= 0.6 is 11.6 Å². The highest BCUT2D eigenvalue weighted by atomic mass is 35.5. The maximum atomic E-state index is 9.53. The molecule has 0 aromatic heterocycles. The van der Waals surface area contributed by atoms with Gasteiger partial charge in [0.05, 0.1) is 7.11 Å². The molecule has 1 rings (SSSR count). The van der Waals surface area contributed by atoms with Crippen molar-refractivity contribution < 1.29 is 9.84 Å². The standard InChI is InChI=1S/C9H11ClO2/c1-3-6-4-7(10)5-8(12-2)9(6)11/h4-5,11H,3H2,1-2H3. The number of hydrogen-bond acceptors (Lipinski definition) is 2. The van der Waals surface area contributed by atoms with E-state index in [1.807, 2.05) is 6.92 Å². The number of halogens is 1. The third-order valence-electron chi connectivity index (χ3n) is 1.72. The lowest BCUT2D eigenvalue weighted by Gasteiger charge is -2.07. The summed E-state index contributed by atoms with van der Waals surface area (Å²) < 4.78 is 4.93. The lowest BCUT2D eigenvalue weighted by Crippen LogP contribution is -1.88. The highest BCUT2D eigenvalue weighted by molar-refractivity contribution is 6.30. The summed E-state index contributed by atoms with van der Waals surface area (Å²) in [6.07, 6.45) is 0.739. The summed E-state index contributed by atoms with van der Waals surface area (Å²) in [5.74, 6) is 0.615. The Hall–Kier alpha value is -0.890. The molecule has 0 aliphatic carbocycles. The number of phenols is 1. The number of rotatable bonds is 2. The molecule has 0 aliphatic heterocycles. The quantitative estimate of drug-likeness (QED) is 0.770. The largest absolute Gasteiger partial charge is 0.504 e. The normalized spacial score (nSPS) is 9.92. The van der Waals surface area contributed by atoms with Gasteiger partial charge in [-0.05, 0) is 18.1 Å². The molecule has 0 amide bonds. The summed E-state index contributed by atoms with van der Waals surface area (Å²) >= 11 is 5.79. The highest BCUT2D eigenvalue weighted by Crippen LogP contribution is 2.33. The zero-order valence-electron chi connectivity index (χ0n) is 7.10. The van der Waals surface area contributed by atoms with Gasteiger partial charge in [-0.1, -0.05) is 18.5 Å². The second-order valence-corrected chi connectivity index (χ2v) is 2.91. The Kier molecular flexibility index (Phi) is 2.82. The molecule has 66 valence electrons. The van der Waals surface area contributed by atoms with Crippen LogP contribution in [0.25, 0.3) is 0 Å². The first-order valence-electron chi connectivity index (χ1n) is 3.74. The monoisotopic (exact) mass is 186 g/mol. The van der Waals surface area contributed by atoms with Crippen LogP contribution in [0.4, 0.5) is 0 Å². The second kappa shape index (κ2) is 3.68. The number of hydrogen-bond donors (Lipinski definition) is 1. The summed E-state index contributed by atoms with van der Waals surface area (Å²) in [6, 6.07) is 3.33. The van der Waals surface area contributed by atoms with Crippen molar-refractivity contribution >= 4 is 11.6 Å². The lowest BCUT2D eigenvalue weighted by atomic mass is 10.1. The highest BCUT2D eigenvalue weighted by Gasteiger charge is 2.07. The van der Waals surface area contributed by atoms with Gasteiger partial charge < -0.3 is 9.84 Å². The van der Waals surface area contributed by atoms with E-state index in [2.05, 4.69) is 0 Å². The van der Waals surface area contributed by atoms with Crippen molar-refractivity contribution in [1.29, 1.82) is 0 Å². The Morgan fingerprint density at radius 2 is 2.17 bits per heavy atom. The van der Waals surface area contributed by atoms with Crippen molar-refractivity contribution in [1.82, 2.24) is 0 Å². The number of ether oxygens (including phenoxy) is 1. The molecule has 12 heavy (non-hydrogen) atoms. The van der Waals surface area contributed by atoms with E-state index < -0.39 is 0 Å². The molecule has 0 atom stereocenters. The fourth-order valence-electron chi connectivity index (χ4n) is 1.05. The Morgan fingerprint density at radius 3 is 2.67 bits per heavy atom. The van der Waals surface area contributed by atoms with Crippen molar-refractivity contribution in [2.24, 2.45) is 0 Å². The molecule has 0 fully saturated rings. The van der Waals surface area contributed by atoms with Crippen LogP contribution in [0.5, 0.6) is 11.5 Å². The van der Waals surface area contributed by atoms with E-state index in [4.69, 9.17) is 16.3 Å². The van der Waals surface area contributed by atoms with E-state index >= 15 is 0 Å². The molecule has 2 nitrogen and oxygen atoms in total. The van der Waals surface area contributed by atoms with Gasteiger partial charge in [0.15, 0.2) is 11.5 Å². The molecule has 0 spiro atoms. The van der Waals surface area contributed by atoms with Crippen LogP contribution in [0.3, 0.4) is 0 Å². The van der Waals surface area contributed by atoms with Crippen LogP contribution in [0.1, 0.15) is 12.5 Å². The predicted molar refractivity (Wildman–Crippen MR) is 49.0 cm³/mol. The minimum atomic E-state index is 0.185. The van der Waals surface area contributed by atoms with Gasteiger partial charge in [-0.2, -0.15) is 0 Å².